The highest BCUT2D eigenvalue weighted by Gasteiger charge is 2.10. The first-order valence-electron chi connectivity index (χ1n) is 5.82. The summed E-state index contributed by atoms with van der Waals surface area (Å²) >= 11 is 0. The highest BCUT2D eigenvalue weighted by molar-refractivity contribution is 5.92. The summed E-state index contributed by atoms with van der Waals surface area (Å²) < 4.78 is 4.80. The first-order valence-corrected chi connectivity index (χ1v) is 5.82. The molecule has 1 amide bonds. The average molecular weight is 262 g/mol. The molecule has 0 aliphatic heterocycles. The fourth-order valence-corrected chi connectivity index (χ4v) is 1.40. The van der Waals surface area contributed by atoms with Gasteiger partial charge in [-0.2, -0.15) is 4.98 Å². The summed E-state index contributed by atoms with van der Waals surface area (Å²) in [6.07, 6.45) is 2.96. The van der Waals surface area contributed by atoms with Crippen molar-refractivity contribution in [3.8, 4) is 0 Å². The van der Waals surface area contributed by atoms with Gasteiger partial charge in [0.25, 0.3) is 5.91 Å². The SMILES string of the molecule is CCNc1cncc(C(=O)NCc2noc(C)n2)n1. The van der Waals surface area contributed by atoms with Crippen LogP contribution in [0.1, 0.15) is 29.1 Å². The second kappa shape index (κ2) is 5.89. The van der Waals surface area contributed by atoms with E-state index in [1.54, 1.807) is 13.1 Å². The number of nitrogens with one attached hydrogen (secondary N) is 2. The van der Waals surface area contributed by atoms with Crippen molar-refractivity contribution in [3.63, 3.8) is 0 Å². The van der Waals surface area contributed by atoms with E-state index in [-0.39, 0.29) is 18.1 Å². The summed E-state index contributed by atoms with van der Waals surface area (Å²) in [6.45, 7) is 4.52. The van der Waals surface area contributed by atoms with Gasteiger partial charge in [-0.15, -0.1) is 0 Å². The molecule has 2 N–H and O–H groups in total. The zero-order valence-electron chi connectivity index (χ0n) is 10.7. The Morgan fingerprint density at radius 1 is 1.37 bits per heavy atom. The third-order valence-electron chi connectivity index (χ3n) is 2.20. The number of nitrogens with zero attached hydrogens (tertiary/aromatic N) is 4. The standard InChI is InChI=1S/C11H14N6O2/c1-3-13-9-5-12-4-8(16-9)11(18)14-6-10-15-7(2)19-17-10/h4-5H,3,6H2,1-2H3,(H,13,16)(H,14,18). The fraction of sp³-hybridized carbons (Fsp3) is 0.364. The van der Waals surface area contributed by atoms with Crippen LogP contribution in [0, 0.1) is 6.92 Å². The molecule has 2 aromatic rings. The topological polar surface area (TPSA) is 106 Å². The maximum absolute atomic E-state index is 11.9. The van der Waals surface area contributed by atoms with E-state index < -0.39 is 0 Å². The maximum Gasteiger partial charge on any atom is 0.271 e. The van der Waals surface area contributed by atoms with Gasteiger partial charge in [0.1, 0.15) is 11.5 Å². The lowest BCUT2D eigenvalue weighted by Gasteiger charge is -2.04. The monoisotopic (exact) mass is 262 g/mol. The van der Waals surface area contributed by atoms with Gasteiger partial charge in [-0.1, -0.05) is 5.16 Å². The van der Waals surface area contributed by atoms with E-state index in [0.717, 1.165) is 0 Å². The number of aromatic nitrogens is 4. The predicted molar refractivity (Wildman–Crippen MR) is 66.4 cm³/mol. The number of carbonyl (C=O) groups is 1. The van der Waals surface area contributed by atoms with Crippen LogP contribution in [0.3, 0.4) is 0 Å². The minimum atomic E-state index is -0.338. The largest absolute Gasteiger partial charge is 0.369 e. The Hall–Kier alpha value is -2.51. The fourth-order valence-electron chi connectivity index (χ4n) is 1.40. The highest BCUT2D eigenvalue weighted by atomic mass is 16.5. The lowest BCUT2D eigenvalue weighted by atomic mass is 10.4. The van der Waals surface area contributed by atoms with Gasteiger partial charge in [-0.05, 0) is 6.92 Å². The summed E-state index contributed by atoms with van der Waals surface area (Å²) in [6, 6.07) is 0. The van der Waals surface area contributed by atoms with Gasteiger partial charge in [0.2, 0.25) is 5.89 Å². The molecule has 0 saturated heterocycles. The van der Waals surface area contributed by atoms with Gasteiger partial charge in [-0.3, -0.25) is 9.78 Å². The molecule has 0 fully saturated rings. The number of hydrogen-bond donors (Lipinski definition) is 2. The molecule has 0 bridgehead atoms. The van der Waals surface area contributed by atoms with Crippen molar-refractivity contribution < 1.29 is 9.32 Å². The van der Waals surface area contributed by atoms with Crippen molar-refractivity contribution in [3.05, 3.63) is 29.8 Å². The van der Waals surface area contributed by atoms with Crippen LogP contribution in [0.4, 0.5) is 5.82 Å². The lowest BCUT2D eigenvalue weighted by Crippen LogP contribution is -2.24. The number of carbonyl (C=O) groups excluding carboxylic acids is 1. The Kier molecular flexibility index (Phi) is 4.01. The van der Waals surface area contributed by atoms with Crippen molar-refractivity contribution in [2.24, 2.45) is 0 Å². The molecule has 0 saturated carbocycles. The van der Waals surface area contributed by atoms with Crippen LogP contribution in [0.15, 0.2) is 16.9 Å². The molecule has 0 spiro atoms. The molecule has 100 valence electrons. The molecule has 8 nitrogen and oxygen atoms in total. The molecule has 0 aliphatic rings. The van der Waals surface area contributed by atoms with Crippen LogP contribution in [0.5, 0.6) is 0 Å². The third kappa shape index (κ3) is 3.47. The van der Waals surface area contributed by atoms with E-state index in [1.807, 2.05) is 6.92 Å². The lowest BCUT2D eigenvalue weighted by molar-refractivity contribution is 0.0944. The average Bonchev–Trinajstić information content (AvgIpc) is 2.82. The van der Waals surface area contributed by atoms with Crippen molar-refractivity contribution in [2.45, 2.75) is 20.4 Å². The molecule has 2 heterocycles. The zero-order chi connectivity index (χ0) is 13.7. The molecule has 0 aromatic carbocycles. The van der Waals surface area contributed by atoms with Crippen molar-refractivity contribution in [1.82, 2.24) is 25.4 Å². The summed E-state index contributed by atoms with van der Waals surface area (Å²) in [5, 5.41) is 9.31. The molecule has 0 aliphatic carbocycles. The number of anilines is 1. The molecule has 0 radical (unpaired) electrons. The van der Waals surface area contributed by atoms with Crippen LogP contribution < -0.4 is 10.6 Å². The Morgan fingerprint density at radius 2 is 2.21 bits per heavy atom. The number of hydrogen-bond acceptors (Lipinski definition) is 7. The Bertz CT molecular complexity index is 568. The quantitative estimate of drug-likeness (QED) is 0.809. The van der Waals surface area contributed by atoms with E-state index in [4.69, 9.17) is 4.52 Å². The van der Waals surface area contributed by atoms with Crippen LogP contribution >= 0.6 is 0 Å². The van der Waals surface area contributed by atoms with Crippen LogP contribution in [-0.2, 0) is 6.54 Å². The molecule has 8 heteroatoms. The van der Waals surface area contributed by atoms with Gasteiger partial charge < -0.3 is 15.2 Å². The minimum Gasteiger partial charge on any atom is -0.369 e. The third-order valence-corrected chi connectivity index (χ3v) is 2.20. The van der Waals surface area contributed by atoms with Crippen LogP contribution in [0.25, 0.3) is 0 Å². The van der Waals surface area contributed by atoms with E-state index in [0.29, 0.717) is 24.1 Å². The summed E-state index contributed by atoms with van der Waals surface area (Å²) in [5.74, 6) is 1.10. The first-order chi connectivity index (χ1) is 9.19. The summed E-state index contributed by atoms with van der Waals surface area (Å²) in [4.78, 5) is 23.9. The van der Waals surface area contributed by atoms with Gasteiger partial charge in [0.15, 0.2) is 5.82 Å². The normalized spacial score (nSPS) is 10.2. The van der Waals surface area contributed by atoms with E-state index >= 15 is 0 Å². The van der Waals surface area contributed by atoms with Gasteiger partial charge in [-0.25, -0.2) is 4.98 Å². The molecule has 2 rings (SSSR count). The van der Waals surface area contributed by atoms with E-state index in [2.05, 4.69) is 30.7 Å². The second-order valence-electron chi connectivity index (χ2n) is 3.73. The number of rotatable bonds is 5. The smallest absolute Gasteiger partial charge is 0.271 e. The Morgan fingerprint density at radius 3 is 2.89 bits per heavy atom. The maximum atomic E-state index is 11.9. The Labute approximate surface area is 109 Å². The van der Waals surface area contributed by atoms with Crippen molar-refractivity contribution in [2.75, 3.05) is 11.9 Å². The van der Waals surface area contributed by atoms with Crippen molar-refractivity contribution >= 4 is 11.7 Å². The Balaban J connectivity index is 1.97. The predicted octanol–water partition coefficient (Wildman–Crippen LogP) is 0.530. The van der Waals surface area contributed by atoms with E-state index in [9.17, 15) is 4.79 Å². The first kappa shape index (κ1) is 12.9. The number of amides is 1. The zero-order valence-corrected chi connectivity index (χ0v) is 10.7. The van der Waals surface area contributed by atoms with E-state index in [1.165, 1.54) is 6.20 Å². The molecule has 0 atom stereocenters. The van der Waals surface area contributed by atoms with Crippen molar-refractivity contribution in [1.29, 1.82) is 0 Å². The van der Waals surface area contributed by atoms with Gasteiger partial charge in [0.05, 0.1) is 18.9 Å². The summed E-state index contributed by atoms with van der Waals surface area (Å²) in [5.41, 5.74) is 0.235. The molecule has 0 unspecified atom stereocenters. The molecular formula is C11H14N6O2. The highest BCUT2D eigenvalue weighted by Crippen LogP contribution is 2.02. The molecular weight excluding hydrogens is 248 g/mol. The molecule has 2 aromatic heterocycles. The van der Waals surface area contributed by atoms with Gasteiger partial charge in [0, 0.05) is 13.5 Å². The minimum absolute atomic E-state index is 0.184. The van der Waals surface area contributed by atoms with Crippen LogP contribution in [0.2, 0.25) is 0 Å². The second-order valence-corrected chi connectivity index (χ2v) is 3.73. The van der Waals surface area contributed by atoms with Crippen LogP contribution in [-0.4, -0.2) is 32.6 Å². The molecule has 19 heavy (non-hydrogen) atoms. The summed E-state index contributed by atoms with van der Waals surface area (Å²) in [7, 11) is 0. The number of aryl methyl sites for hydroxylation is 1. The van der Waals surface area contributed by atoms with Gasteiger partial charge >= 0.3 is 0 Å².